The monoisotopic (exact) mass is 357 g/mol. The Labute approximate surface area is 157 Å². The summed E-state index contributed by atoms with van der Waals surface area (Å²) in [5, 5.41) is 2.87. The quantitative estimate of drug-likeness (QED) is 0.777. The number of carbonyl (C=O) groups excluding carboxylic acids is 2. The summed E-state index contributed by atoms with van der Waals surface area (Å²) in [6.07, 6.45) is 3.92. The number of aromatic nitrogens is 1. The van der Waals surface area contributed by atoms with E-state index in [2.05, 4.69) is 10.3 Å². The molecule has 0 aliphatic carbocycles. The first-order chi connectivity index (χ1) is 13.2. The highest BCUT2D eigenvalue weighted by molar-refractivity contribution is 6.04. The van der Waals surface area contributed by atoms with Gasteiger partial charge in [0.15, 0.2) is 0 Å². The van der Waals surface area contributed by atoms with Crippen LogP contribution in [0.15, 0.2) is 73.1 Å². The van der Waals surface area contributed by atoms with Crippen molar-refractivity contribution < 1.29 is 9.59 Å². The Morgan fingerprint density at radius 3 is 2.70 bits per heavy atom. The van der Waals surface area contributed by atoms with Gasteiger partial charge >= 0.3 is 0 Å². The summed E-state index contributed by atoms with van der Waals surface area (Å²) >= 11 is 0. The van der Waals surface area contributed by atoms with E-state index in [4.69, 9.17) is 0 Å². The Balaban J connectivity index is 1.49. The maximum Gasteiger partial charge on any atom is 0.257 e. The summed E-state index contributed by atoms with van der Waals surface area (Å²) < 4.78 is 0. The molecule has 4 rings (SSSR count). The summed E-state index contributed by atoms with van der Waals surface area (Å²) in [6.45, 7) is 1.28. The molecule has 5 nitrogen and oxygen atoms in total. The molecule has 0 spiro atoms. The van der Waals surface area contributed by atoms with Crippen molar-refractivity contribution in [2.24, 2.45) is 0 Å². The molecule has 134 valence electrons. The molecule has 0 unspecified atom stereocenters. The SMILES string of the molecule is O=C(Nc1ccc2c(c1)CCN(Cc1ccccc1)C2=O)c1cccnc1. The van der Waals surface area contributed by atoms with Crippen molar-refractivity contribution in [1.82, 2.24) is 9.88 Å². The lowest BCUT2D eigenvalue weighted by atomic mass is 9.97. The molecule has 3 aromatic rings. The van der Waals surface area contributed by atoms with Gasteiger partial charge in [-0.05, 0) is 47.9 Å². The van der Waals surface area contributed by atoms with Crippen molar-refractivity contribution in [2.75, 3.05) is 11.9 Å². The molecule has 1 aliphatic rings. The van der Waals surface area contributed by atoms with Crippen molar-refractivity contribution in [2.45, 2.75) is 13.0 Å². The second-order valence-electron chi connectivity index (χ2n) is 6.53. The first kappa shape index (κ1) is 17.0. The average Bonchev–Trinajstić information content (AvgIpc) is 2.71. The first-order valence-electron chi connectivity index (χ1n) is 8.88. The zero-order valence-electron chi connectivity index (χ0n) is 14.8. The third-order valence-electron chi connectivity index (χ3n) is 4.67. The first-order valence-corrected chi connectivity index (χ1v) is 8.88. The second-order valence-corrected chi connectivity index (χ2v) is 6.53. The van der Waals surface area contributed by atoms with E-state index in [9.17, 15) is 9.59 Å². The standard InChI is InChI=1S/C22H19N3O2/c26-21(18-7-4-11-23-14-18)24-19-8-9-20-17(13-19)10-12-25(22(20)27)15-16-5-2-1-3-6-16/h1-9,11,13-14H,10,12,15H2,(H,24,26). The van der Waals surface area contributed by atoms with Crippen molar-refractivity contribution in [3.8, 4) is 0 Å². The zero-order valence-corrected chi connectivity index (χ0v) is 14.8. The van der Waals surface area contributed by atoms with Gasteiger partial charge in [0, 0.05) is 36.7 Å². The van der Waals surface area contributed by atoms with Crippen LogP contribution in [0.4, 0.5) is 5.69 Å². The molecule has 2 heterocycles. The molecule has 5 heteroatoms. The lowest BCUT2D eigenvalue weighted by Gasteiger charge is -2.29. The Morgan fingerprint density at radius 2 is 1.93 bits per heavy atom. The summed E-state index contributed by atoms with van der Waals surface area (Å²) in [5.74, 6) is -0.180. The van der Waals surface area contributed by atoms with Crippen molar-refractivity contribution in [1.29, 1.82) is 0 Å². The number of pyridine rings is 1. The molecule has 2 amide bonds. The van der Waals surface area contributed by atoms with Gasteiger partial charge in [0.1, 0.15) is 0 Å². The Morgan fingerprint density at radius 1 is 1.07 bits per heavy atom. The molecule has 1 aliphatic heterocycles. The number of carbonyl (C=O) groups is 2. The number of amides is 2. The van der Waals surface area contributed by atoms with Crippen LogP contribution in [0.5, 0.6) is 0 Å². The molecule has 2 aromatic carbocycles. The van der Waals surface area contributed by atoms with Crippen LogP contribution in [0.25, 0.3) is 0 Å². The maximum absolute atomic E-state index is 12.8. The van der Waals surface area contributed by atoms with Gasteiger partial charge in [0.05, 0.1) is 5.56 Å². The van der Waals surface area contributed by atoms with Crippen molar-refractivity contribution >= 4 is 17.5 Å². The fourth-order valence-corrected chi connectivity index (χ4v) is 3.27. The van der Waals surface area contributed by atoms with E-state index < -0.39 is 0 Å². The molecule has 1 aromatic heterocycles. The van der Waals surface area contributed by atoms with Crippen LogP contribution in [0, 0.1) is 0 Å². The normalized spacial score (nSPS) is 13.2. The maximum atomic E-state index is 12.8. The fourth-order valence-electron chi connectivity index (χ4n) is 3.27. The molecule has 0 fully saturated rings. The number of anilines is 1. The van der Waals surface area contributed by atoms with E-state index in [1.807, 2.05) is 41.3 Å². The molecule has 0 bridgehead atoms. The van der Waals surface area contributed by atoms with Gasteiger partial charge in [-0.2, -0.15) is 0 Å². The van der Waals surface area contributed by atoms with Gasteiger partial charge in [-0.1, -0.05) is 30.3 Å². The molecular weight excluding hydrogens is 338 g/mol. The third kappa shape index (κ3) is 3.72. The van der Waals surface area contributed by atoms with Crippen LogP contribution in [0.2, 0.25) is 0 Å². The number of nitrogens with one attached hydrogen (secondary N) is 1. The van der Waals surface area contributed by atoms with Crippen LogP contribution in [-0.4, -0.2) is 28.2 Å². The Hall–Kier alpha value is -3.47. The number of benzene rings is 2. The minimum atomic E-state index is -0.212. The topological polar surface area (TPSA) is 62.3 Å². The number of rotatable bonds is 4. The Kier molecular flexibility index (Phi) is 4.66. The van der Waals surface area contributed by atoms with Crippen molar-refractivity contribution in [3.05, 3.63) is 95.3 Å². The summed E-state index contributed by atoms with van der Waals surface area (Å²) in [4.78, 5) is 30.9. The van der Waals surface area contributed by atoms with Crippen LogP contribution >= 0.6 is 0 Å². The molecular formula is C22H19N3O2. The summed E-state index contributed by atoms with van der Waals surface area (Å²) in [7, 11) is 0. The lowest BCUT2D eigenvalue weighted by Crippen LogP contribution is -2.37. The highest BCUT2D eigenvalue weighted by Crippen LogP contribution is 2.24. The highest BCUT2D eigenvalue weighted by Gasteiger charge is 2.24. The van der Waals surface area contributed by atoms with Crippen molar-refractivity contribution in [3.63, 3.8) is 0 Å². The van der Waals surface area contributed by atoms with Crippen LogP contribution < -0.4 is 5.32 Å². The van der Waals surface area contributed by atoms with Gasteiger partial charge in [0.2, 0.25) is 0 Å². The molecule has 0 saturated heterocycles. The highest BCUT2D eigenvalue weighted by atomic mass is 16.2. The van der Waals surface area contributed by atoms with Crippen LogP contribution in [0.3, 0.4) is 0 Å². The molecule has 0 saturated carbocycles. The van der Waals surface area contributed by atoms with Gasteiger partial charge < -0.3 is 10.2 Å². The van der Waals surface area contributed by atoms with E-state index in [0.29, 0.717) is 29.9 Å². The summed E-state index contributed by atoms with van der Waals surface area (Å²) in [5.41, 5.74) is 3.98. The van der Waals surface area contributed by atoms with E-state index in [-0.39, 0.29) is 11.8 Å². The minimum Gasteiger partial charge on any atom is -0.334 e. The zero-order chi connectivity index (χ0) is 18.6. The number of nitrogens with zero attached hydrogens (tertiary/aromatic N) is 2. The molecule has 0 atom stereocenters. The molecule has 0 radical (unpaired) electrons. The van der Waals surface area contributed by atoms with Gasteiger partial charge in [-0.3, -0.25) is 14.6 Å². The number of fused-ring (bicyclic) bond motifs is 1. The van der Waals surface area contributed by atoms with Crippen LogP contribution in [0.1, 0.15) is 31.8 Å². The summed E-state index contributed by atoms with van der Waals surface area (Å²) in [6, 6.07) is 18.9. The van der Waals surface area contributed by atoms with Crippen LogP contribution in [-0.2, 0) is 13.0 Å². The predicted molar refractivity (Wildman–Crippen MR) is 104 cm³/mol. The Bertz CT molecular complexity index is 971. The molecule has 1 N–H and O–H groups in total. The second kappa shape index (κ2) is 7.41. The molecule has 27 heavy (non-hydrogen) atoms. The van der Waals surface area contributed by atoms with E-state index in [1.54, 1.807) is 30.5 Å². The number of hydrogen-bond acceptors (Lipinski definition) is 3. The van der Waals surface area contributed by atoms with Gasteiger partial charge in [-0.15, -0.1) is 0 Å². The van der Waals surface area contributed by atoms with E-state index >= 15 is 0 Å². The smallest absolute Gasteiger partial charge is 0.257 e. The third-order valence-corrected chi connectivity index (χ3v) is 4.67. The average molecular weight is 357 g/mol. The van der Waals surface area contributed by atoms with E-state index in [0.717, 1.165) is 17.5 Å². The fraction of sp³-hybridized carbons (Fsp3) is 0.136. The van der Waals surface area contributed by atoms with E-state index in [1.165, 1.54) is 6.20 Å². The lowest BCUT2D eigenvalue weighted by molar-refractivity contribution is 0.0727. The predicted octanol–water partition coefficient (Wildman–Crippen LogP) is 3.53. The van der Waals surface area contributed by atoms with Gasteiger partial charge in [0.25, 0.3) is 11.8 Å². The number of hydrogen-bond donors (Lipinski definition) is 1. The largest absolute Gasteiger partial charge is 0.334 e. The minimum absolute atomic E-state index is 0.0326. The van der Waals surface area contributed by atoms with Gasteiger partial charge in [-0.25, -0.2) is 0 Å².